The molecule has 4 atom stereocenters. The third-order valence-electron chi connectivity index (χ3n) is 6.31. The van der Waals surface area contributed by atoms with E-state index in [-0.39, 0.29) is 11.6 Å². The fourth-order valence-electron chi connectivity index (χ4n) is 3.56. The number of anilines is 1. The van der Waals surface area contributed by atoms with Gasteiger partial charge in [-0.1, -0.05) is 20.8 Å². The largest absolute Gasteiger partial charge is 0.407 e. The van der Waals surface area contributed by atoms with Crippen molar-refractivity contribution < 1.29 is 19.4 Å². The van der Waals surface area contributed by atoms with Crippen LogP contribution in [0.25, 0.3) is 21.6 Å². The molecule has 1 aliphatic heterocycles. The molecule has 1 unspecified atom stereocenters. The average molecular weight is 464 g/mol. The molecule has 1 saturated heterocycles. The highest BCUT2D eigenvalue weighted by atomic mass is 32.1. The van der Waals surface area contributed by atoms with Gasteiger partial charge in [0, 0.05) is 23.3 Å². The number of nitrogens with zero attached hydrogens (tertiary/aromatic N) is 4. The molecule has 0 aromatic carbocycles. The van der Waals surface area contributed by atoms with Gasteiger partial charge in [-0.15, -0.1) is 11.3 Å². The normalized spacial score (nSPS) is 24.9. The summed E-state index contributed by atoms with van der Waals surface area (Å²) in [6.45, 7) is 10.3. The first kappa shape index (κ1) is 22.3. The zero-order valence-corrected chi connectivity index (χ0v) is 20.1. The van der Waals surface area contributed by atoms with Crippen molar-refractivity contribution in [2.45, 2.75) is 63.4 Å². The molecule has 11 heteroatoms. The lowest BCUT2D eigenvalue weighted by Gasteiger charge is -2.40. The Balaban J connectivity index is 1.84. The third-order valence-corrected chi connectivity index (χ3v) is 11.6. The van der Waals surface area contributed by atoms with E-state index in [1.54, 1.807) is 6.20 Å². The van der Waals surface area contributed by atoms with E-state index >= 15 is 0 Å². The van der Waals surface area contributed by atoms with Crippen LogP contribution >= 0.6 is 11.3 Å². The SMILES string of the molecule is CC(C)(C)[Si](C)(C)O[C@H]1C(O)[C@@H](CO)O[C@H]1n1cc(-c2nccs2)c2c(N)ncnc21. The van der Waals surface area contributed by atoms with Gasteiger partial charge in [0.25, 0.3) is 0 Å². The van der Waals surface area contributed by atoms with Gasteiger partial charge in [-0.3, -0.25) is 0 Å². The summed E-state index contributed by atoms with van der Waals surface area (Å²) in [6, 6.07) is 0. The molecular formula is C20H29N5O4SSi. The summed E-state index contributed by atoms with van der Waals surface area (Å²) in [6.07, 6.45) is 1.89. The first-order valence-corrected chi connectivity index (χ1v) is 14.0. The number of aliphatic hydroxyl groups is 2. The molecule has 31 heavy (non-hydrogen) atoms. The van der Waals surface area contributed by atoms with Crippen LogP contribution in [0, 0.1) is 0 Å². The fraction of sp³-hybridized carbons (Fsp3) is 0.550. The maximum atomic E-state index is 11.0. The highest BCUT2D eigenvalue weighted by Gasteiger charge is 2.50. The second-order valence-corrected chi connectivity index (χ2v) is 15.0. The van der Waals surface area contributed by atoms with E-state index in [1.807, 2.05) is 16.1 Å². The van der Waals surface area contributed by atoms with Crippen molar-refractivity contribution in [3.05, 3.63) is 24.1 Å². The Kier molecular flexibility index (Phi) is 5.69. The molecule has 0 saturated carbocycles. The summed E-state index contributed by atoms with van der Waals surface area (Å²) in [4.78, 5) is 13.0. The standard InChI is InChI=1S/C20H29N5O4SSi/c1-20(2,3)31(4,5)29-15-14(27)12(9-26)28-19(15)25-8-11(18-22-6-7-30-18)13-16(21)23-10-24-17(13)25/h6-8,10,12,14-15,19,26-27H,9H2,1-5H3,(H2,21,23,24)/t12-,14?,15+,19-/m1/s1. The lowest BCUT2D eigenvalue weighted by molar-refractivity contribution is -0.0494. The summed E-state index contributed by atoms with van der Waals surface area (Å²) in [5.74, 6) is 0.341. The summed E-state index contributed by atoms with van der Waals surface area (Å²) in [7, 11) is -2.26. The van der Waals surface area contributed by atoms with E-state index in [0.717, 1.165) is 10.6 Å². The molecule has 3 aromatic heterocycles. The van der Waals surface area contributed by atoms with Crippen LogP contribution in [0.5, 0.6) is 0 Å². The minimum atomic E-state index is -2.26. The van der Waals surface area contributed by atoms with E-state index in [4.69, 9.17) is 14.9 Å². The lowest BCUT2D eigenvalue weighted by Crippen LogP contribution is -2.48. The predicted octanol–water partition coefficient (Wildman–Crippen LogP) is 2.78. The zero-order chi connectivity index (χ0) is 22.6. The van der Waals surface area contributed by atoms with Crippen LogP contribution in [0.2, 0.25) is 18.1 Å². The van der Waals surface area contributed by atoms with E-state index in [9.17, 15) is 10.2 Å². The van der Waals surface area contributed by atoms with Gasteiger partial charge in [0.15, 0.2) is 14.5 Å². The Morgan fingerprint density at radius 2 is 2.03 bits per heavy atom. The molecule has 4 heterocycles. The molecule has 9 nitrogen and oxygen atoms in total. The van der Waals surface area contributed by atoms with E-state index < -0.39 is 32.9 Å². The van der Waals surface area contributed by atoms with E-state index in [1.165, 1.54) is 17.7 Å². The number of ether oxygens (including phenoxy) is 1. The first-order chi connectivity index (χ1) is 14.5. The van der Waals surface area contributed by atoms with Gasteiger partial charge in [0.2, 0.25) is 0 Å². The van der Waals surface area contributed by atoms with E-state index in [2.05, 4.69) is 48.8 Å². The van der Waals surface area contributed by atoms with E-state index in [0.29, 0.717) is 16.9 Å². The maximum Gasteiger partial charge on any atom is 0.192 e. The van der Waals surface area contributed by atoms with Gasteiger partial charge in [-0.05, 0) is 18.1 Å². The number of hydrogen-bond acceptors (Lipinski definition) is 9. The van der Waals surface area contributed by atoms with Crippen LogP contribution in [-0.2, 0) is 9.16 Å². The number of fused-ring (bicyclic) bond motifs is 1. The Labute approximate surface area is 186 Å². The van der Waals surface area contributed by atoms with Gasteiger partial charge < -0.3 is 29.7 Å². The Hall–Kier alpha value is -1.89. The highest BCUT2D eigenvalue weighted by Crippen LogP contribution is 2.44. The zero-order valence-electron chi connectivity index (χ0n) is 18.3. The van der Waals surface area contributed by atoms with Crippen molar-refractivity contribution in [2.24, 2.45) is 0 Å². The Morgan fingerprint density at radius 1 is 1.29 bits per heavy atom. The Morgan fingerprint density at radius 3 is 2.65 bits per heavy atom. The molecule has 1 fully saturated rings. The number of nitrogen functional groups attached to an aromatic ring is 1. The molecule has 3 aromatic rings. The summed E-state index contributed by atoms with van der Waals surface area (Å²) in [5, 5.41) is 24.0. The van der Waals surface area contributed by atoms with Crippen molar-refractivity contribution in [1.82, 2.24) is 19.5 Å². The topological polar surface area (TPSA) is 129 Å². The molecule has 168 valence electrons. The van der Waals surface area contributed by atoms with Crippen molar-refractivity contribution >= 4 is 36.5 Å². The van der Waals surface area contributed by atoms with Gasteiger partial charge >= 0.3 is 0 Å². The third kappa shape index (κ3) is 3.79. The first-order valence-electron chi connectivity index (χ1n) is 10.2. The van der Waals surface area contributed by atoms with Crippen LogP contribution < -0.4 is 5.73 Å². The number of aromatic nitrogens is 4. The fourth-order valence-corrected chi connectivity index (χ4v) is 5.50. The molecule has 1 aliphatic rings. The van der Waals surface area contributed by atoms with Crippen molar-refractivity contribution in [2.75, 3.05) is 12.3 Å². The molecule has 4 rings (SSSR count). The number of aliphatic hydroxyl groups excluding tert-OH is 2. The number of thiazole rings is 1. The summed E-state index contributed by atoms with van der Waals surface area (Å²) < 4.78 is 14.5. The van der Waals surface area contributed by atoms with Crippen LogP contribution in [0.4, 0.5) is 5.82 Å². The smallest absolute Gasteiger partial charge is 0.192 e. The van der Waals surface area contributed by atoms with Crippen LogP contribution in [-0.4, -0.2) is 63.0 Å². The van der Waals surface area contributed by atoms with Crippen LogP contribution in [0.15, 0.2) is 24.1 Å². The minimum absolute atomic E-state index is 0.0635. The van der Waals surface area contributed by atoms with Gasteiger partial charge in [0.05, 0.1) is 12.0 Å². The van der Waals surface area contributed by atoms with Crippen molar-refractivity contribution in [1.29, 1.82) is 0 Å². The molecule has 0 radical (unpaired) electrons. The van der Waals surface area contributed by atoms with Gasteiger partial charge in [-0.25, -0.2) is 15.0 Å². The molecule has 0 spiro atoms. The molecule has 0 amide bonds. The highest BCUT2D eigenvalue weighted by molar-refractivity contribution is 7.13. The Bertz CT molecular complexity index is 1070. The molecular weight excluding hydrogens is 434 g/mol. The second-order valence-electron chi connectivity index (χ2n) is 9.33. The number of rotatable bonds is 5. The monoisotopic (exact) mass is 463 g/mol. The lowest BCUT2D eigenvalue weighted by atomic mass is 10.1. The quantitative estimate of drug-likeness (QED) is 0.493. The van der Waals surface area contributed by atoms with Gasteiger partial charge in [-0.2, -0.15) is 0 Å². The molecule has 4 N–H and O–H groups in total. The predicted molar refractivity (Wildman–Crippen MR) is 122 cm³/mol. The molecule has 0 bridgehead atoms. The number of nitrogens with two attached hydrogens (primary N) is 1. The second kappa shape index (κ2) is 7.91. The van der Waals surface area contributed by atoms with Crippen LogP contribution in [0.1, 0.15) is 27.0 Å². The van der Waals surface area contributed by atoms with Gasteiger partial charge in [0.1, 0.15) is 41.1 Å². The molecule has 0 aliphatic carbocycles. The minimum Gasteiger partial charge on any atom is -0.407 e. The maximum absolute atomic E-state index is 11.0. The number of hydrogen-bond donors (Lipinski definition) is 3. The summed E-state index contributed by atoms with van der Waals surface area (Å²) >= 11 is 1.49. The average Bonchev–Trinajstić information content (AvgIpc) is 3.40. The summed E-state index contributed by atoms with van der Waals surface area (Å²) in [5.41, 5.74) is 7.57. The van der Waals surface area contributed by atoms with Crippen molar-refractivity contribution in [3.8, 4) is 10.6 Å². The van der Waals surface area contributed by atoms with Crippen molar-refractivity contribution in [3.63, 3.8) is 0 Å². The van der Waals surface area contributed by atoms with Crippen LogP contribution in [0.3, 0.4) is 0 Å².